The van der Waals surface area contributed by atoms with Crippen LogP contribution in [0, 0.1) is 0 Å². The summed E-state index contributed by atoms with van der Waals surface area (Å²) in [5, 5.41) is 313. The van der Waals surface area contributed by atoms with E-state index in [0.29, 0.717) is 0 Å². The van der Waals surface area contributed by atoms with Gasteiger partial charge in [-0.1, -0.05) is 0 Å². The van der Waals surface area contributed by atoms with Gasteiger partial charge >= 0.3 is 16.4 Å². The summed E-state index contributed by atoms with van der Waals surface area (Å²) in [6.07, 6.45) is -104. The van der Waals surface area contributed by atoms with Crippen LogP contribution >= 0.6 is 0 Å². The molecule has 0 aromatic heterocycles. The highest BCUT2D eigenvalue weighted by Gasteiger charge is 2.64. The molecule has 1 unspecified atom stereocenters. The molecule has 0 aliphatic carbocycles. The number of carbonyl (C=O) groups excluding carboxylic acids is 4. The maximum Gasteiger partial charge on any atom is 0.397 e. The second-order valence-electron chi connectivity index (χ2n) is 32.9. The SMILES string of the molecule is CC(=O)N[C@H]1[C@H](O[C@H]2[C@H](O)[C@@H](NC(C)=O)C(O)O[C@@H]2CO[C@@H]2O[C@@H](C)[C@@H](O)[C@@H](O)[C@@H]2O)O[C@H](CO)[C@@H](O[C@@H]2O[C@H](CO[C@H]3O[C@H](CO)[C@@H](O)[C@H](O)[C@@H]3O)[C@@H](O)[C@H](O[C@H]3O[C@H](CO)[C@@H](O)[C@H](O)[C@@H]3O[C@@H]3O[C@H](COS(=O)(=O)O)[C@@H](O[C@@H]4O[C@H](CO)[C@H](O)[C@H](O[C@]5(C(=O)O)C[C@H](O)[C@@H](NC(C)=O)[C@H]([C@H](O)[C@H](O)CO)O5)[C@H]4O)[C@H](O[C@@H]4O[C@@H](C)[C@@H](O)[C@@H](O)[C@@H]4O)[C@H]3NC(C)=O)[C@@H]2O)[C@@H]1O. The van der Waals surface area contributed by atoms with Crippen LogP contribution in [-0.4, -0.2) is 546 Å². The fourth-order valence-electron chi connectivity index (χ4n) is 16.6. The summed E-state index contributed by atoms with van der Waals surface area (Å²) in [5.41, 5.74) is 0. The zero-order valence-electron chi connectivity index (χ0n) is 70.2. The minimum atomic E-state index is -5.79. The van der Waals surface area contributed by atoms with E-state index in [4.69, 9.17) is 94.2 Å². The molecule has 758 valence electrons. The molecule has 4 amide bonds. The van der Waals surface area contributed by atoms with E-state index in [1.807, 2.05) is 0 Å². The van der Waals surface area contributed by atoms with Gasteiger partial charge in [0.05, 0.1) is 77.2 Å². The van der Waals surface area contributed by atoms with Crippen LogP contribution < -0.4 is 21.3 Å². The quantitative estimate of drug-likeness (QED) is 0.0262. The molecule has 10 saturated heterocycles. The van der Waals surface area contributed by atoms with Gasteiger partial charge in [0.25, 0.3) is 5.79 Å². The lowest BCUT2D eigenvalue weighted by Crippen LogP contribution is -2.72. The van der Waals surface area contributed by atoms with Crippen molar-refractivity contribution in [3.05, 3.63) is 0 Å². The molecule has 10 heterocycles. The lowest BCUT2D eigenvalue weighted by molar-refractivity contribution is -0.406. The Labute approximate surface area is 741 Å². The number of rotatable bonds is 35. The van der Waals surface area contributed by atoms with Crippen molar-refractivity contribution >= 4 is 40.0 Å². The first kappa shape index (κ1) is 108. The zero-order chi connectivity index (χ0) is 97.1. The van der Waals surface area contributed by atoms with Crippen molar-refractivity contribution in [3.63, 3.8) is 0 Å². The summed E-state index contributed by atoms with van der Waals surface area (Å²) in [6.45, 7) is -4.07. The number of carbonyl (C=O) groups is 5. The average Bonchev–Trinajstić information content (AvgIpc) is 0.758. The number of hydrogen-bond donors (Lipinski definition) is 32. The average molecular weight is 1940 g/mol. The summed E-state index contributed by atoms with van der Waals surface area (Å²) >= 11 is 0. The Morgan fingerprint density at radius 3 is 1.30 bits per heavy atom. The third-order valence-corrected chi connectivity index (χ3v) is 24.0. The molecule has 0 spiro atoms. The normalized spacial score (nSPS) is 47.7. The minimum Gasteiger partial charge on any atom is -0.477 e. The molecule has 0 radical (unpaired) electrons. The van der Waals surface area contributed by atoms with E-state index >= 15 is 0 Å². The first-order valence-electron chi connectivity index (χ1n) is 41.1. The Bertz CT molecular complexity index is 3790. The van der Waals surface area contributed by atoms with Crippen molar-refractivity contribution in [2.24, 2.45) is 0 Å². The Kier molecular flexibility index (Phi) is 38.1. The van der Waals surface area contributed by atoms with Crippen molar-refractivity contribution in [1.29, 1.82) is 0 Å². The largest absolute Gasteiger partial charge is 0.477 e. The number of carboxylic acids is 1. The summed E-state index contributed by atoms with van der Waals surface area (Å²) in [7, 11) is -5.79. The Hall–Kier alpha value is -4.58. The maximum absolute atomic E-state index is 13.8. The molecule has 10 aliphatic rings. The third kappa shape index (κ3) is 24.6. The van der Waals surface area contributed by atoms with E-state index in [2.05, 4.69) is 21.3 Å². The number of aliphatic hydroxyl groups is 26. The molecule has 60 heteroatoms. The fourth-order valence-corrected chi connectivity index (χ4v) is 16.9. The highest BCUT2D eigenvalue weighted by atomic mass is 32.3. The molecule has 32 N–H and O–H groups in total. The Balaban J connectivity index is 1.02. The van der Waals surface area contributed by atoms with Crippen molar-refractivity contribution in [2.75, 3.05) is 52.9 Å². The topological polar surface area (TPSA) is 919 Å². The lowest BCUT2D eigenvalue weighted by Gasteiger charge is -2.53. The van der Waals surface area contributed by atoms with Crippen molar-refractivity contribution in [1.82, 2.24) is 21.3 Å². The number of ether oxygens (including phenoxy) is 19. The standard InChI is InChI=1S/C71H118N4O55S/c1-16-35(87)44(96)48(100)64(114-16)112-14-29-54(42(94)32(61(105)116-29)73-19(4)82)123-62-33(74-20(5)83)43(95)53(27(12-80)120-62)124-67-51(103)58(41(93)28(121-67)13-111-65-49(101)46(98)38(90)24(9-77)117-65)127-69-60(47(99)39(91)25(10-78)119-69)128-63-34(75-21(6)84)57(126-66-50(102)45(97)36(88)17(2)115-66)55(30(122-63)15-113-131(108,109)110)125-68-52(104)59(40(92)26(11-79)118-68)130-71(70(106)107)7-22(85)31(72-18(3)81)56(129-71)37(89)23(86)8-76/h16-17,22-69,76-80,85-105H,7-15H2,1-6H3,(H,72,81)(H,73,82)(H,74,83)(H,75,84)(H,106,107)(H,108,109,110)/t16-,17-,22-,23+,24+,25+,26+,27+,28+,29+,30+,31+,32+,33+,34+,35+,36+,37+,38+,39+,40-,41+,42+,43+,44+,45+,46-,47-,48-,49-,50-,51-,52+,53+,54+,55+,56+,57+,58-,59-,60-,61?,62-,63-,64+,65-,66-,67-,68-,69+,71-/m0/s1. The third-order valence-electron chi connectivity index (χ3n) is 23.5. The number of aliphatic hydroxyl groups excluding tert-OH is 26. The summed E-state index contributed by atoms with van der Waals surface area (Å²) in [5.74, 6) is -9.76. The first-order valence-corrected chi connectivity index (χ1v) is 42.5. The molecule has 10 aliphatic heterocycles. The molecular formula is C71H118N4O55S. The number of hydrogen-bond acceptors (Lipinski definition) is 53. The van der Waals surface area contributed by atoms with Gasteiger partial charge in [-0.15, -0.1) is 0 Å². The van der Waals surface area contributed by atoms with Gasteiger partial charge in [-0.25, -0.2) is 8.98 Å². The predicted octanol–water partition coefficient (Wildman–Crippen LogP) is -21.1. The van der Waals surface area contributed by atoms with E-state index in [9.17, 15) is 175 Å². The predicted molar refractivity (Wildman–Crippen MR) is 401 cm³/mol. The van der Waals surface area contributed by atoms with Gasteiger partial charge < -0.3 is 249 Å². The van der Waals surface area contributed by atoms with Crippen LogP contribution in [0.3, 0.4) is 0 Å². The number of amides is 4. The van der Waals surface area contributed by atoms with Gasteiger partial charge in [0, 0.05) is 34.1 Å². The van der Waals surface area contributed by atoms with Crippen LogP contribution in [-0.2, 0) is 129 Å². The number of carboxylic acid groups (broad SMARTS) is 1. The number of nitrogens with one attached hydrogen (secondary N) is 4. The van der Waals surface area contributed by atoms with Crippen LogP contribution in [0.4, 0.5) is 0 Å². The van der Waals surface area contributed by atoms with E-state index < -0.39 is 412 Å². The molecule has 0 bridgehead atoms. The van der Waals surface area contributed by atoms with Gasteiger partial charge in [-0.2, -0.15) is 8.42 Å². The molecular weight excluding hydrogens is 1820 g/mol. The van der Waals surface area contributed by atoms with Crippen LogP contribution in [0.25, 0.3) is 0 Å². The molecule has 0 aromatic rings. The lowest BCUT2D eigenvalue weighted by atomic mass is 9.88. The number of aliphatic carboxylic acids is 1. The highest BCUT2D eigenvalue weighted by molar-refractivity contribution is 7.80. The highest BCUT2D eigenvalue weighted by Crippen LogP contribution is 2.43. The smallest absolute Gasteiger partial charge is 0.397 e. The first-order chi connectivity index (χ1) is 61.4. The fraction of sp³-hybridized carbons (Fsp3) is 0.930. The zero-order valence-corrected chi connectivity index (χ0v) is 71.0. The molecule has 51 atom stereocenters. The van der Waals surface area contributed by atoms with Gasteiger partial charge in [0.15, 0.2) is 56.6 Å². The van der Waals surface area contributed by atoms with E-state index in [-0.39, 0.29) is 0 Å². The second-order valence-corrected chi connectivity index (χ2v) is 34.0. The van der Waals surface area contributed by atoms with E-state index in [0.717, 1.165) is 34.6 Å². The monoisotopic (exact) mass is 1940 g/mol. The molecule has 0 saturated carbocycles. The molecule has 0 aromatic carbocycles. The van der Waals surface area contributed by atoms with Crippen LogP contribution in [0.1, 0.15) is 48.0 Å². The van der Waals surface area contributed by atoms with Crippen molar-refractivity contribution in [2.45, 2.75) is 360 Å². The van der Waals surface area contributed by atoms with Crippen LogP contribution in [0.15, 0.2) is 0 Å². The Morgan fingerprint density at radius 1 is 0.366 bits per heavy atom. The van der Waals surface area contributed by atoms with Gasteiger partial charge in [-0.3, -0.25) is 23.7 Å². The molecule has 10 rings (SSSR count). The Morgan fingerprint density at radius 2 is 0.748 bits per heavy atom. The van der Waals surface area contributed by atoms with E-state index in [1.165, 1.54) is 6.92 Å². The summed E-state index contributed by atoms with van der Waals surface area (Å²) in [6, 6.07) is -8.06. The second kappa shape index (κ2) is 46.0. The van der Waals surface area contributed by atoms with Crippen molar-refractivity contribution in [3.8, 4) is 0 Å². The van der Waals surface area contributed by atoms with Gasteiger partial charge in [0.2, 0.25) is 23.6 Å². The van der Waals surface area contributed by atoms with Crippen LogP contribution in [0.2, 0.25) is 0 Å². The van der Waals surface area contributed by atoms with Gasteiger partial charge in [0.1, 0.15) is 226 Å². The minimum absolute atomic E-state index is 0.773. The molecule has 10 fully saturated rings. The molecule has 59 nitrogen and oxygen atoms in total. The van der Waals surface area contributed by atoms with E-state index in [1.54, 1.807) is 0 Å². The summed E-state index contributed by atoms with van der Waals surface area (Å²) in [4.78, 5) is 65.4. The maximum atomic E-state index is 13.8. The van der Waals surface area contributed by atoms with Crippen LogP contribution in [0.5, 0.6) is 0 Å². The van der Waals surface area contributed by atoms with Crippen molar-refractivity contribution < 1.29 is 269 Å². The van der Waals surface area contributed by atoms with Gasteiger partial charge in [-0.05, 0) is 13.8 Å². The molecule has 131 heavy (non-hydrogen) atoms. The summed E-state index contributed by atoms with van der Waals surface area (Å²) < 4.78 is 154.